The molecule has 10 nitrogen and oxygen atoms in total. The first-order valence-electron chi connectivity index (χ1n) is 17.4. The molecule has 11 heteroatoms. The van der Waals surface area contributed by atoms with Crippen molar-refractivity contribution in [1.29, 1.82) is 5.26 Å². The van der Waals surface area contributed by atoms with Gasteiger partial charge in [0.25, 0.3) is 0 Å². The summed E-state index contributed by atoms with van der Waals surface area (Å²) in [5, 5.41) is 31.2. The van der Waals surface area contributed by atoms with Gasteiger partial charge >= 0.3 is 5.97 Å². The number of aliphatic hydroxyl groups excluding tert-OH is 1. The van der Waals surface area contributed by atoms with Crippen LogP contribution < -0.4 is 4.74 Å². The lowest BCUT2D eigenvalue weighted by Gasteiger charge is -2.24. The summed E-state index contributed by atoms with van der Waals surface area (Å²) < 4.78 is 12.1. The van der Waals surface area contributed by atoms with Crippen molar-refractivity contribution in [2.75, 3.05) is 33.3 Å². The van der Waals surface area contributed by atoms with Crippen molar-refractivity contribution in [3.8, 4) is 45.7 Å². The zero-order valence-corrected chi connectivity index (χ0v) is 29.3. The summed E-state index contributed by atoms with van der Waals surface area (Å²) in [6, 6.07) is 18.5. The maximum absolute atomic E-state index is 11.6. The standard InChI is InChI=1S/C40H38ClN5O5/c1-22-26(5-3-6-27(22)33-18-43-34(39(44-33)50-2)21-45-13-12-25(47)20-45)29-7-4-8-30(37(29)41)36-16-24-15-31-28(32(17-42)38(24)51-36)9-10-35(31)46-14-11-23(19-46)40(48)49/h3-8,15-16,18,23,25,35,47H,9-14,19-21H2,1-2H3,(H,48,49)/t23-,25-,35-/m1/s1. The van der Waals surface area contributed by atoms with Crippen LogP contribution in [0.3, 0.4) is 0 Å². The van der Waals surface area contributed by atoms with Gasteiger partial charge in [-0.25, -0.2) is 4.98 Å². The molecule has 5 aromatic rings. The molecule has 2 N–H and O–H groups in total. The number of aromatic nitrogens is 2. The summed E-state index contributed by atoms with van der Waals surface area (Å²) in [5.74, 6) is -0.0678. The summed E-state index contributed by atoms with van der Waals surface area (Å²) in [4.78, 5) is 25.6. The molecule has 8 rings (SSSR count). The third-order valence-electron chi connectivity index (χ3n) is 10.9. The molecule has 0 amide bonds. The summed E-state index contributed by atoms with van der Waals surface area (Å²) in [5.41, 5.74) is 8.97. The number of halogens is 1. The molecule has 260 valence electrons. The Hall–Kier alpha value is -4.79. The molecule has 1 aliphatic carbocycles. The van der Waals surface area contributed by atoms with Gasteiger partial charge in [0.2, 0.25) is 5.88 Å². The number of β-amino-alcohol motifs (C(OH)–C–C–N with tert-alkyl or cyclic N) is 1. The Labute approximate surface area is 300 Å². The number of rotatable bonds is 8. The van der Waals surface area contributed by atoms with Crippen LogP contribution in [0, 0.1) is 24.2 Å². The van der Waals surface area contributed by atoms with Crippen LogP contribution in [0.15, 0.2) is 59.1 Å². The molecule has 51 heavy (non-hydrogen) atoms. The molecular weight excluding hydrogens is 666 g/mol. The van der Waals surface area contributed by atoms with Gasteiger partial charge in [-0.3, -0.25) is 19.6 Å². The fourth-order valence-electron chi connectivity index (χ4n) is 8.25. The minimum Gasteiger partial charge on any atom is -0.481 e. The van der Waals surface area contributed by atoms with E-state index >= 15 is 0 Å². The number of nitrogens with zero attached hydrogens (tertiary/aromatic N) is 5. The second kappa shape index (κ2) is 13.4. The number of ether oxygens (including phenoxy) is 1. The maximum atomic E-state index is 11.6. The lowest BCUT2D eigenvalue weighted by Crippen LogP contribution is -2.26. The minimum atomic E-state index is -0.747. The number of hydrogen-bond donors (Lipinski definition) is 2. The highest BCUT2D eigenvalue weighted by Crippen LogP contribution is 2.46. The number of aliphatic hydroxyl groups is 1. The van der Waals surface area contributed by atoms with Crippen LogP contribution in [0.4, 0.5) is 0 Å². The van der Waals surface area contributed by atoms with Gasteiger partial charge in [0.05, 0.1) is 41.6 Å². The lowest BCUT2D eigenvalue weighted by molar-refractivity contribution is -0.141. The summed E-state index contributed by atoms with van der Waals surface area (Å²) in [6.07, 6.45) is 4.45. The van der Waals surface area contributed by atoms with Crippen LogP contribution in [0.25, 0.3) is 44.7 Å². The van der Waals surface area contributed by atoms with E-state index in [2.05, 4.69) is 21.9 Å². The number of fused-ring (bicyclic) bond motifs is 2. The van der Waals surface area contributed by atoms with Gasteiger partial charge < -0.3 is 19.4 Å². The Morgan fingerprint density at radius 3 is 2.59 bits per heavy atom. The molecule has 0 radical (unpaired) electrons. The minimum absolute atomic E-state index is 0.0846. The number of hydrogen-bond acceptors (Lipinski definition) is 9. The van der Waals surface area contributed by atoms with Crippen molar-refractivity contribution in [1.82, 2.24) is 19.8 Å². The Morgan fingerprint density at radius 1 is 1.08 bits per heavy atom. The normalized spacial score (nSPS) is 20.6. The van der Waals surface area contributed by atoms with Crippen LogP contribution in [-0.2, 0) is 17.8 Å². The number of carboxylic acid groups (broad SMARTS) is 1. The van der Waals surface area contributed by atoms with Crippen molar-refractivity contribution < 1.29 is 24.2 Å². The number of methoxy groups -OCH3 is 1. The molecule has 3 aliphatic rings. The Kier molecular flexibility index (Phi) is 8.76. The molecule has 0 saturated carbocycles. The molecule has 2 aliphatic heterocycles. The topological polar surface area (TPSA) is 136 Å². The van der Waals surface area contributed by atoms with Crippen molar-refractivity contribution in [2.24, 2.45) is 5.92 Å². The number of carboxylic acids is 1. The predicted octanol–water partition coefficient (Wildman–Crippen LogP) is 7.03. The van der Waals surface area contributed by atoms with Gasteiger partial charge in [-0.05, 0) is 79.6 Å². The van der Waals surface area contributed by atoms with Crippen molar-refractivity contribution >= 4 is 28.5 Å². The number of carbonyl (C=O) groups is 1. The second-order valence-electron chi connectivity index (χ2n) is 13.9. The van der Waals surface area contributed by atoms with Gasteiger partial charge in [-0.15, -0.1) is 0 Å². The molecule has 0 bridgehead atoms. The van der Waals surface area contributed by atoms with Gasteiger partial charge in [0.1, 0.15) is 17.5 Å². The quantitative estimate of drug-likeness (QED) is 0.173. The molecule has 2 saturated heterocycles. The smallest absolute Gasteiger partial charge is 0.307 e. The largest absolute Gasteiger partial charge is 0.481 e. The highest BCUT2D eigenvalue weighted by Gasteiger charge is 2.37. The van der Waals surface area contributed by atoms with E-state index in [0.717, 1.165) is 82.4 Å². The number of furan rings is 1. The van der Waals surface area contributed by atoms with E-state index < -0.39 is 5.97 Å². The Balaban J connectivity index is 1.12. The average Bonchev–Trinajstić information content (AvgIpc) is 3.94. The zero-order chi connectivity index (χ0) is 35.4. The van der Waals surface area contributed by atoms with E-state index in [9.17, 15) is 20.3 Å². The van der Waals surface area contributed by atoms with Crippen LogP contribution >= 0.6 is 11.6 Å². The first kappa shape index (κ1) is 33.4. The third kappa shape index (κ3) is 5.94. The summed E-state index contributed by atoms with van der Waals surface area (Å²) in [7, 11) is 1.60. The van der Waals surface area contributed by atoms with E-state index in [0.29, 0.717) is 59.6 Å². The number of benzene rings is 3. The van der Waals surface area contributed by atoms with E-state index in [1.807, 2.05) is 49.4 Å². The van der Waals surface area contributed by atoms with Crippen molar-refractivity contribution in [3.05, 3.63) is 87.7 Å². The van der Waals surface area contributed by atoms with Crippen LogP contribution in [0.2, 0.25) is 5.02 Å². The molecule has 2 aromatic heterocycles. The van der Waals surface area contributed by atoms with Gasteiger partial charge in [0.15, 0.2) is 5.58 Å². The number of likely N-dealkylation sites (tertiary alicyclic amines) is 2. The van der Waals surface area contributed by atoms with E-state index in [1.54, 1.807) is 13.3 Å². The van der Waals surface area contributed by atoms with Crippen molar-refractivity contribution in [3.63, 3.8) is 0 Å². The van der Waals surface area contributed by atoms with Crippen LogP contribution in [0.1, 0.15) is 53.3 Å². The second-order valence-corrected chi connectivity index (χ2v) is 14.2. The van der Waals surface area contributed by atoms with E-state index in [1.165, 1.54) is 0 Å². The molecule has 0 spiro atoms. The lowest BCUT2D eigenvalue weighted by atomic mass is 9.93. The summed E-state index contributed by atoms with van der Waals surface area (Å²) in [6.45, 7) is 5.27. The van der Waals surface area contributed by atoms with Crippen LogP contribution in [0.5, 0.6) is 5.88 Å². The van der Waals surface area contributed by atoms with Gasteiger partial charge in [-0.1, -0.05) is 41.9 Å². The van der Waals surface area contributed by atoms with E-state index in [-0.39, 0.29) is 18.1 Å². The first-order valence-corrected chi connectivity index (χ1v) is 17.8. The highest BCUT2D eigenvalue weighted by molar-refractivity contribution is 6.36. The summed E-state index contributed by atoms with van der Waals surface area (Å²) >= 11 is 7.21. The van der Waals surface area contributed by atoms with Crippen molar-refractivity contribution in [2.45, 2.75) is 51.3 Å². The number of aliphatic carboxylic acids is 1. The van der Waals surface area contributed by atoms with Gasteiger partial charge in [-0.2, -0.15) is 5.26 Å². The van der Waals surface area contributed by atoms with Crippen LogP contribution in [-0.4, -0.2) is 75.3 Å². The molecule has 2 fully saturated rings. The average molecular weight is 704 g/mol. The Morgan fingerprint density at radius 2 is 1.86 bits per heavy atom. The highest BCUT2D eigenvalue weighted by atomic mass is 35.5. The Bertz CT molecular complexity index is 2230. The molecule has 0 unspecified atom stereocenters. The fraction of sp³-hybridized carbons (Fsp3) is 0.350. The number of nitriles is 1. The third-order valence-corrected chi connectivity index (χ3v) is 11.3. The molecule has 3 aromatic carbocycles. The van der Waals surface area contributed by atoms with E-state index in [4.69, 9.17) is 30.7 Å². The monoisotopic (exact) mass is 703 g/mol. The maximum Gasteiger partial charge on any atom is 0.307 e. The molecular formula is C40H38ClN5O5. The molecule has 4 heterocycles. The fourth-order valence-corrected chi connectivity index (χ4v) is 8.57. The first-order chi connectivity index (χ1) is 24.7. The SMILES string of the molecule is COc1nc(-c2cccc(-c3cccc(-c4cc5cc6c(c(C#N)c5o4)CC[C@H]6N4CC[C@@H](C(=O)O)C4)c3Cl)c2C)cnc1CN1CC[C@@H](O)C1. The molecule has 3 atom stereocenters. The zero-order valence-electron chi connectivity index (χ0n) is 28.5. The van der Waals surface area contributed by atoms with Gasteiger partial charge in [0, 0.05) is 54.3 Å². The predicted molar refractivity (Wildman–Crippen MR) is 193 cm³/mol.